The molecule has 2 aromatic rings. The fraction of sp³-hybridized carbons (Fsp3) is 0.429. The molecular formula is C14H17N3O2. The van der Waals surface area contributed by atoms with Crippen LogP contribution in [-0.4, -0.2) is 22.2 Å². The van der Waals surface area contributed by atoms with Crippen LogP contribution < -0.4 is 16.0 Å². The number of hydrogen-bond acceptors (Lipinski definition) is 3. The average molecular weight is 259 g/mol. The van der Waals surface area contributed by atoms with Crippen LogP contribution in [0.4, 0.5) is 5.69 Å². The summed E-state index contributed by atoms with van der Waals surface area (Å²) in [5.74, 6) is 0. The van der Waals surface area contributed by atoms with Crippen molar-refractivity contribution in [3.63, 3.8) is 0 Å². The molecular weight excluding hydrogens is 242 g/mol. The highest BCUT2D eigenvalue weighted by atomic mass is 16.2. The third kappa shape index (κ3) is 1.77. The second kappa shape index (κ2) is 4.26. The van der Waals surface area contributed by atoms with Crippen LogP contribution in [0.1, 0.15) is 12.8 Å². The molecule has 0 aliphatic carbocycles. The SMILES string of the molecule is Cn1c(=O)c(=O)n(C)c2cc(N3CCCC3)ccc21. The maximum atomic E-state index is 11.9. The number of anilines is 1. The van der Waals surface area contributed by atoms with Gasteiger partial charge in [-0.3, -0.25) is 9.59 Å². The van der Waals surface area contributed by atoms with Crippen LogP contribution in [0.25, 0.3) is 11.0 Å². The summed E-state index contributed by atoms with van der Waals surface area (Å²) < 4.78 is 2.86. The number of hydrogen-bond donors (Lipinski definition) is 0. The Morgan fingerprint density at radius 3 is 2.11 bits per heavy atom. The molecule has 1 fully saturated rings. The van der Waals surface area contributed by atoms with Gasteiger partial charge in [0.15, 0.2) is 0 Å². The van der Waals surface area contributed by atoms with Crippen LogP contribution >= 0.6 is 0 Å². The first-order chi connectivity index (χ1) is 9.09. The molecule has 1 saturated heterocycles. The molecule has 0 amide bonds. The summed E-state index contributed by atoms with van der Waals surface area (Å²) in [5.41, 5.74) is 1.75. The van der Waals surface area contributed by atoms with Crippen molar-refractivity contribution in [3.8, 4) is 0 Å². The van der Waals surface area contributed by atoms with Crippen LogP contribution in [0.2, 0.25) is 0 Å². The zero-order valence-corrected chi connectivity index (χ0v) is 11.2. The van der Waals surface area contributed by atoms with Gasteiger partial charge in [0.05, 0.1) is 11.0 Å². The van der Waals surface area contributed by atoms with Gasteiger partial charge in [0.25, 0.3) is 0 Å². The standard InChI is InChI=1S/C14H17N3O2/c1-15-11-6-5-10(17-7-3-4-8-17)9-12(11)16(2)14(19)13(15)18/h5-6,9H,3-4,7-8H2,1-2H3. The third-order valence-electron chi connectivity index (χ3n) is 3.95. The summed E-state index contributed by atoms with van der Waals surface area (Å²) in [6, 6.07) is 5.95. The fourth-order valence-electron chi connectivity index (χ4n) is 2.74. The van der Waals surface area contributed by atoms with Gasteiger partial charge in [-0.15, -0.1) is 0 Å². The lowest BCUT2D eigenvalue weighted by Gasteiger charge is -2.19. The Morgan fingerprint density at radius 1 is 0.895 bits per heavy atom. The summed E-state index contributed by atoms with van der Waals surface area (Å²) in [5, 5.41) is 0. The van der Waals surface area contributed by atoms with Gasteiger partial charge in [-0.1, -0.05) is 0 Å². The molecule has 0 radical (unpaired) electrons. The second-order valence-corrected chi connectivity index (χ2v) is 5.10. The van der Waals surface area contributed by atoms with Crippen molar-refractivity contribution in [2.75, 3.05) is 18.0 Å². The second-order valence-electron chi connectivity index (χ2n) is 5.10. The monoisotopic (exact) mass is 259 g/mol. The average Bonchev–Trinajstić information content (AvgIpc) is 2.96. The lowest BCUT2D eigenvalue weighted by Crippen LogP contribution is -2.39. The molecule has 1 aliphatic heterocycles. The quantitative estimate of drug-likeness (QED) is 0.713. The summed E-state index contributed by atoms with van der Waals surface area (Å²) in [6.07, 6.45) is 2.43. The van der Waals surface area contributed by atoms with E-state index in [1.165, 1.54) is 22.0 Å². The normalized spacial score (nSPS) is 15.4. The lowest BCUT2D eigenvalue weighted by atomic mass is 10.2. The molecule has 19 heavy (non-hydrogen) atoms. The molecule has 1 aromatic carbocycles. The Kier molecular flexibility index (Phi) is 2.69. The van der Waals surface area contributed by atoms with Crippen LogP contribution in [0.3, 0.4) is 0 Å². The zero-order chi connectivity index (χ0) is 13.6. The van der Waals surface area contributed by atoms with Crippen LogP contribution in [0.15, 0.2) is 27.8 Å². The minimum atomic E-state index is -0.482. The molecule has 100 valence electrons. The highest BCUT2D eigenvalue weighted by molar-refractivity contribution is 5.79. The van der Waals surface area contributed by atoms with Gasteiger partial charge < -0.3 is 14.0 Å². The molecule has 5 nitrogen and oxygen atoms in total. The van der Waals surface area contributed by atoms with Gasteiger partial charge in [0.1, 0.15) is 0 Å². The third-order valence-corrected chi connectivity index (χ3v) is 3.95. The van der Waals surface area contributed by atoms with E-state index in [9.17, 15) is 9.59 Å². The van der Waals surface area contributed by atoms with Gasteiger partial charge >= 0.3 is 11.1 Å². The van der Waals surface area contributed by atoms with E-state index in [1.54, 1.807) is 14.1 Å². The lowest BCUT2D eigenvalue weighted by molar-refractivity contribution is 0.798. The maximum Gasteiger partial charge on any atom is 0.316 e. The predicted octanol–water partition coefficient (Wildman–Crippen LogP) is 0.837. The smallest absolute Gasteiger partial charge is 0.316 e. The van der Waals surface area contributed by atoms with Crippen LogP contribution in [0, 0.1) is 0 Å². The Labute approximate surface area is 110 Å². The van der Waals surface area contributed by atoms with E-state index >= 15 is 0 Å². The molecule has 1 aliphatic rings. The van der Waals surface area contributed by atoms with E-state index < -0.39 is 11.1 Å². The first-order valence-electron chi connectivity index (χ1n) is 6.54. The Balaban J connectivity index is 2.28. The van der Waals surface area contributed by atoms with E-state index in [0.29, 0.717) is 0 Å². The molecule has 0 atom stereocenters. The molecule has 0 spiro atoms. The minimum Gasteiger partial charge on any atom is -0.371 e. The van der Waals surface area contributed by atoms with E-state index in [-0.39, 0.29) is 0 Å². The minimum absolute atomic E-state index is 0.478. The van der Waals surface area contributed by atoms with Crippen molar-refractivity contribution in [2.24, 2.45) is 14.1 Å². The number of nitrogens with zero attached hydrogens (tertiary/aromatic N) is 3. The van der Waals surface area contributed by atoms with Crippen molar-refractivity contribution >= 4 is 16.7 Å². The van der Waals surface area contributed by atoms with Crippen molar-refractivity contribution in [1.82, 2.24) is 9.13 Å². The number of aryl methyl sites for hydroxylation is 2. The van der Waals surface area contributed by atoms with E-state index in [2.05, 4.69) is 4.90 Å². The van der Waals surface area contributed by atoms with Gasteiger partial charge in [-0.05, 0) is 31.0 Å². The molecule has 2 heterocycles. The van der Waals surface area contributed by atoms with E-state index in [4.69, 9.17) is 0 Å². The molecule has 0 unspecified atom stereocenters. The maximum absolute atomic E-state index is 11.9. The Hall–Kier alpha value is -2.04. The van der Waals surface area contributed by atoms with Crippen molar-refractivity contribution in [2.45, 2.75) is 12.8 Å². The summed E-state index contributed by atoms with van der Waals surface area (Å²) in [6.45, 7) is 2.12. The van der Waals surface area contributed by atoms with Gasteiger partial charge in [0.2, 0.25) is 0 Å². The first kappa shape index (κ1) is 12.0. The summed E-state index contributed by atoms with van der Waals surface area (Å²) in [4.78, 5) is 25.9. The van der Waals surface area contributed by atoms with Crippen LogP contribution in [-0.2, 0) is 14.1 Å². The van der Waals surface area contributed by atoms with E-state index in [1.807, 2.05) is 18.2 Å². The molecule has 3 rings (SSSR count). The van der Waals surface area contributed by atoms with Gasteiger partial charge in [-0.2, -0.15) is 0 Å². The number of rotatable bonds is 1. The fourth-order valence-corrected chi connectivity index (χ4v) is 2.74. The molecule has 5 heteroatoms. The topological polar surface area (TPSA) is 47.2 Å². The van der Waals surface area contributed by atoms with Crippen LogP contribution in [0.5, 0.6) is 0 Å². The summed E-state index contributed by atoms with van der Waals surface area (Å²) in [7, 11) is 3.29. The largest absolute Gasteiger partial charge is 0.371 e. The van der Waals surface area contributed by atoms with E-state index in [0.717, 1.165) is 29.8 Å². The highest BCUT2D eigenvalue weighted by Crippen LogP contribution is 2.23. The molecule has 0 N–H and O–H groups in total. The predicted molar refractivity (Wildman–Crippen MR) is 75.9 cm³/mol. The number of fused-ring (bicyclic) bond motifs is 1. The Morgan fingerprint density at radius 2 is 1.47 bits per heavy atom. The van der Waals surface area contributed by atoms with Gasteiger partial charge in [0, 0.05) is 32.9 Å². The molecule has 1 aromatic heterocycles. The number of benzene rings is 1. The molecule has 0 bridgehead atoms. The summed E-state index contributed by atoms with van der Waals surface area (Å²) >= 11 is 0. The van der Waals surface area contributed by atoms with Gasteiger partial charge in [-0.25, -0.2) is 0 Å². The molecule has 0 saturated carbocycles. The highest BCUT2D eigenvalue weighted by Gasteiger charge is 2.14. The number of aromatic nitrogens is 2. The Bertz CT molecular complexity index is 752. The van der Waals surface area contributed by atoms with Crippen molar-refractivity contribution in [3.05, 3.63) is 38.9 Å². The zero-order valence-electron chi connectivity index (χ0n) is 11.2. The first-order valence-corrected chi connectivity index (χ1v) is 6.54. The van der Waals surface area contributed by atoms with Crippen molar-refractivity contribution in [1.29, 1.82) is 0 Å². The van der Waals surface area contributed by atoms with Crippen molar-refractivity contribution < 1.29 is 0 Å².